The van der Waals surface area contributed by atoms with E-state index >= 15 is 0 Å². The van der Waals surface area contributed by atoms with Gasteiger partial charge in [0.1, 0.15) is 6.04 Å². The highest BCUT2D eigenvalue weighted by atomic mass is 16.2. The molecule has 0 aromatic carbocycles. The van der Waals surface area contributed by atoms with Gasteiger partial charge in [-0.25, -0.2) is 0 Å². The highest BCUT2D eigenvalue weighted by molar-refractivity contribution is 5.92. The van der Waals surface area contributed by atoms with E-state index in [2.05, 4.69) is 49.0 Å². The molecule has 2 atom stereocenters. The lowest BCUT2D eigenvalue weighted by molar-refractivity contribution is -0.131. The lowest BCUT2D eigenvalue weighted by atomic mass is 10.0. The lowest BCUT2D eigenvalue weighted by Gasteiger charge is -2.22. The average molecular weight is 595 g/mol. The lowest BCUT2D eigenvalue weighted by Crippen LogP contribution is -2.51. The smallest absolute Gasteiger partial charge is 0.243 e. The van der Waals surface area contributed by atoms with E-state index in [0.717, 1.165) is 64.2 Å². The molecule has 9 nitrogen and oxygen atoms in total. The second-order valence-electron chi connectivity index (χ2n) is 12.0. The van der Waals surface area contributed by atoms with Crippen LogP contribution in [0.4, 0.5) is 0 Å². The predicted octanol–water partition coefficient (Wildman–Crippen LogP) is 5.50. The maximum Gasteiger partial charge on any atom is 0.243 e. The molecule has 4 N–H and O–H groups in total. The Hall–Kier alpha value is -2.45. The zero-order valence-corrected chi connectivity index (χ0v) is 27.4. The summed E-state index contributed by atoms with van der Waals surface area (Å²) < 4.78 is 0. The van der Waals surface area contributed by atoms with E-state index in [-0.39, 0.29) is 29.4 Å². The molecule has 0 aliphatic rings. The van der Waals surface area contributed by atoms with Crippen molar-refractivity contribution in [2.75, 3.05) is 13.1 Å². The Balaban J connectivity index is 4.72. The fourth-order valence-corrected chi connectivity index (χ4v) is 4.67. The Morgan fingerprint density at radius 1 is 0.524 bits per heavy atom. The maximum atomic E-state index is 13.2. The number of ketones is 1. The van der Waals surface area contributed by atoms with E-state index < -0.39 is 12.1 Å². The van der Waals surface area contributed by atoms with Gasteiger partial charge in [-0.1, -0.05) is 66.2 Å². The number of hydrogen-bond donors (Lipinski definition) is 4. The van der Waals surface area contributed by atoms with E-state index in [4.69, 9.17) is 0 Å². The summed E-state index contributed by atoms with van der Waals surface area (Å²) >= 11 is 0. The molecular weight excluding hydrogens is 532 g/mol. The first-order chi connectivity index (χ1) is 20.1. The van der Waals surface area contributed by atoms with E-state index in [9.17, 15) is 24.0 Å². The van der Waals surface area contributed by atoms with Crippen molar-refractivity contribution in [2.24, 2.45) is 5.92 Å². The van der Waals surface area contributed by atoms with Crippen LogP contribution >= 0.6 is 0 Å². The SMILES string of the molecule is CCCCCC(=O)NCCCCC(NC(=O)C(CCCCNC(=O)CCCCC(C)C)NC(=O)CCCCC)C(C)=O. The first-order valence-corrected chi connectivity index (χ1v) is 16.7. The van der Waals surface area contributed by atoms with Crippen LogP contribution in [0.3, 0.4) is 0 Å². The molecule has 0 rings (SSSR count). The van der Waals surface area contributed by atoms with Crippen molar-refractivity contribution < 1.29 is 24.0 Å². The van der Waals surface area contributed by atoms with Crippen molar-refractivity contribution in [2.45, 2.75) is 162 Å². The van der Waals surface area contributed by atoms with Crippen molar-refractivity contribution in [1.29, 1.82) is 0 Å². The van der Waals surface area contributed by atoms with Gasteiger partial charge in [-0.15, -0.1) is 0 Å². The van der Waals surface area contributed by atoms with Crippen LogP contribution in [-0.2, 0) is 24.0 Å². The van der Waals surface area contributed by atoms with Gasteiger partial charge in [0.15, 0.2) is 5.78 Å². The molecule has 0 saturated heterocycles. The van der Waals surface area contributed by atoms with Gasteiger partial charge in [0.25, 0.3) is 0 Å². The minimum absolute atomic E-state index is 0.0534. The second kappa shape index (κ2) is 26.2. The number of Topliss-reactive ketones (excluding diaryl/α,β-unsaturated/α-hetero) is 1. The van der Waals surface area contributed by atoms with Crippen LogP contribution in [0.15, 0.2) is 0 Å². The summed E-state index contributed by atoms with van der Waals surface area (Å²) in [6, 6.07) is -1.36. The molecule has 0 fully saturated rings. The molecule has 244 valence electrons. The summed E-state index contributed by atoms with van der Waals surface area (Å²) in [6.07, 6.45) is 13.9. The minimum atomic E-state index is -0.727. The standard InChI is InChI=1S/C33H62N4O5/c1-6-8-10-21-30(39)34-24-16-14-19-28(27(5)38)37-33(42)29(36-32(41)23-11-9-7-2)20-15-17-25-35-31(40)22-13-12-18-26(3)4/h26,28-29H,6-25H2,1-5H3,(H,34,39)(H,35,40)(H,36,41)(H,37,42). The van der Waals surface area contributed by atoms with Gasteiger partial charge in [0.2, 0.25) is 23.6 Å². The fraction of sp³-hybridized carbons (Fsp3) is 0.848. The Morgan fingerprint density at radius 2 is 0.976 bits per heavy atom. The van der Waals surface area contributed by atoms with E-state index in [0.29, 0.717) is 70.4 Å². The Bertz CT molecular complexity index is 772. The van der Waals surface area contributed by atoms with Crippen molar-refractivity contribution in [3.63, 3.8) is 0 Å². The minimum Gasteiger partial charge on any atom is -0.356 e. The fourth-order valence-electron chi connectivity index (χ4n) is 4.67. The van der Waals surface area contributed by atoms with Crippen molar-refractivity contribution in [3.05, 3.63) is 0 Å². The molecule has 0 aliphatic carbocycles. The summed E-state index contributed by atoms with van der Waals surface area (Å²) in [6.45, 7) is 11.1. The molecule has 4 amide bonds. The molecule has 9 heteroatoms. The number of rotatable bonds is 27. The van der Waals surface area contributed by atoms with Crippen LogP contribution in [0.25, 0.3) is 0 Å². The number of hydrogen-bond acceptors (Lipinski definition) is 5. The van der Waals surface area contributed by atoms with Crippen LogP contribution in [0, 0.1) is 5.92 Å². The molecule has 2 unspecified atom stereocenters. The third kappa shape index (κ3) is 23.1. The Morgan fingerprint density at radius 3 is 1.45 bits per heavy atom. The predicted molar refractivity (Wildman–Crippen MR) is 170 cm³/mol. The van der Waals surface area contributed by atoms with Gasteiger partial charge < -0.3 is 21.3 Å². The van der Waals surface area contributed by atoms with Crippen molar-refractivity contribution in [3.8, 4) is 0 Å². The number of amides is 4. The first-order valence-electron chi connectivity index (χ1n) is 16.7. The number of unbranched alkanes of at least 4 members (excludes halogenated alkanes) is 7. The highest BCUT2D eigenvalue weighted by Crippen LogP contribution is 2.09. The molecule has 0 radical (unpaired) electrons. The molecule has 0 bridgehead atoms. The summed E-state index contributed by atoms with van der Waals surface area (Å²) in [5, 5.41) is 11.6. The molecule has 0 aromatic rings. The van der Waals surface area contributed by atoms with Gasteiger partial charge in [0, 0.05) is 32.4 Å². The normalized spacial score (nSPS) is 12.4. The molecule has 0 aromatic heterocycles. The summed E-state index contributed by atoms with van der Waals surface area (Å²) in [5.74, 6) is 0.118. The van der Waals surface area contributed by atoms with Crippen molar-refractivity contribution >= 4 is 29.4 Å². The highest BCUT2D eigenvalue weighted by Gasteiger charge is 2.24. The van der Waals surface area contributed by atoms with Crippen LogP contribution in [0.2, 0.25) is 0 Å². The molecule has 0 saturated carbocycles. The molecule has 0 heterocycles. The third-order valence-corrected chi connectivity index (χ3v) is 7.39. The Kier molecular flexibility index (Phi) is 24.7. The van der Waals surface area contributed by atoms with Gasteiger partial charge >= 0.3 is 0 Å². The second-order valence-corrected chi connectivity index (χ2v) is 12.0. The monoisotopic (exact) mass is 594 g/mol. The van der Waals surface area contributed by atoms with Gasteiger partial charge in [-0.3, -0.25) is 24.0 Å². The summed E-state index contributed by atoms with van der Waals surface area (Å²) in [5.41, 5.74) is 0. The zero-order chi connectivity index (χ0) is 31.6. The number of nitrogens with one attached hydrogen (secondary N) is 4. The topological polar surface area (TPSA) is 133 Å². The molecular formula is C33H62N4O5. The van der Waals surface area contributed by atoms with E-state index in [1.54, 1.807) is 0 Å². The van der Waals surface area contributed by atoms with Crippen LogP contribution in [0.5, 0.6) is 0 Å². The number of carbonyl (C=O) groups is 5. The average Bonchev–Trinajstić information content (AvgIpc) is 2.93. The van der Waals surface area contributed by atoms with Crippen molar-refractivity contribution in [1.82, 2.24) is 21.3 Å². The van der Waals surface area contributed by atoms with Crippen LogP contribution in [-0.4, -0.2) is 54.6 Å². The first kappa shape index (κ1) is 39.5. The maximum absolute atomic E-state index is 13.2. The van der Waals surface area contributed by atoms with E-state index in [1.807, 2.05) is 0 Å². The molecule has 0 aliphatic heterocycles. The van der Waals surface area contributed by atoms with Crippen LogP contribution in [0.1, 0.15) is 150 Å². The zero-order valence-electron chi connectivity index (χ0n) is 27.4. The molecule has 0 spiro atoms. The van der Waals surface area contributed by atoms with E-state index in [1.165, 1.54) is 6.92 Å². The van der Waals surface area contributed by atoms with Gasteiger partial charge in [-0.2, -0.15) is 0 Å². The third-order valence-electron chi connectivity index (χ3n) is 7.39. The quantitative estimate of drug-likeness (QED) is 0.0933. The van der Waals surface area contributed by atoms with Gasteiger partial charge in [0.05, 0.1) is 6.04 Å². The largest absolute Gasteiger partial charge is 0.356 e. The van der Waals surface area contributed by atoms with Crippen LogP contribution < -0.4 is 21.3 Å². The Labute approximate surface area is 255 Å². The molecule has 42 heavy (non-hydrogen) atoms. The summed E-state index contributed by atoms with van der Waals surface area (Å²) in [7, 11) is 0. The summed E-state index contributed by atoms with van der Waals surface area (Å²) in [4.78, 5) is 62.0. The number of carbonyl (C=O) groups excluding carboxylic acids is 5. The van der Waals surface area contributed by atoms with Gasteiger partial charge in [-0.05, 0) is 70.6 Å².